The van der Waals surface area contributed by atoms with Gasteiger partial charge in [0.1, 0.15) is 11.2 Å². The van der Waals surface area contributed by atoms with Crippen LogP contribution in [0.3, 0.4) is 0 Å². The largest absolute Gasteiger partial charge is 0.335 e. The molecule has 5 nitrogen and oxygen atoms in total. The Morgan fingerprint density at radius 1 is 1.20 bits per heavy atom. The number of carbonyl (C=O) groups excluding carboxylic acids is 1. The van der Waals surface area contributed by atoms with E-state index in [-0.39, 0.29) is 5.56 Å². The van der Waals surface area contributed by atoms with Crippen LogP contribution in [0, 0.1) is 11.6 Å². The minimum Gasteiger partial charge on any atom is -0.335 e. The average molecular weight is 343 g/mol. The number of hydrogen-bond acceptors (Lipinski definition) is 3. The summed E-state index contributed by atoms with van der Waals surface area (Å²) >= 11 is 0. The molecule has 0 fully saturated rings. The second kappa shape index (κ2) is 6.43. The van der Waals surface area contributed by atoms with E-state index in [9.17, 15) is 18.4 Å². The van der Waals surface area contributed by atoms with E-state index < -0.39 is 29.1 Å². The lowest BCUT2D eigenvalue weighted by Gasteiger charge is -2.25. The SMILES string of the molecule is CC(c1ccc(F)c(F)c1)N(C)C(=O)c1cnc2ccccn2c1=O. The van der Waals surface area contributed by atoms with Crippen LogP contribution in [0.2, 0.25) is 0 Å². The van der Waals surface area contributed by atoms with Gasteiger partial charge in [-0.2, -0.15) is 0 Å². The van der Waals surface area contributed by atoms with Crippen LogP contribution >= 0.6 is 0 Å². The molecule has 0 N–H and O–H groups in total. The molecule has 3 rings (SSSR count). The summed E-state index contributed by atoms with van der Waals surface area (Å²) < 4.78 is 27.8. The van der Waals surface area contributed by atoms with Crippen molar-refractivity contribution in [3.8, 4) is 0 Å². The Kier molecular flexibility index (Phi) is 4.31. The summed E-state index contributed by atoms with van der Waals surface area (Å²) in [6, 6.07) is 7.94. The molecule has 0 bridgehead atoms. The van der Waals surface area contributed by atoms with Gasteiger partial charge in [0.25, 0.3) is 11.5 Å². The molecule has 1 amide bonds. The molecule has 7 heteroatoms. The van der Waals surface area contributed by atoms with Gasteiger partial charge >= 0.3 is 0 Å². The monoisotopic (exact) mass is 343 g/mol. The van der Waals surface area contributed by atoms with Crippen LogP contribution in [0.4, 0.5) is 8.78 Å². The molecule has 0 saturated heterocycles. The first kappa shape index (κ1) is 16.8. The number of hydrogen-bond donors (Lipinski definition) is 0. The number of aromatic nitrogens is 2. The van der Waals surface area contributed by atoms with Crippen molar-refractivity contribution in [3.63, 3.8) is 0 Å². The molecule has 128 valence electrons. The van der Waals surface area contributed by atoms with E-state index in [0.29, 0.717) is 11.2 Å². The van der Waals surface area contributed by atoms with Crippen molar-refractivity contribution < 1.29 is 13.6 Å². The van der Waals surface area contributed by atoms with E-state index in [2.05, 4.69) is 4.98 Å². The van der Waals surface area contributed by atoms with Crippen molar-refractivity contribution in [3.05, 3.63) is 81.9 Å². The van der Waals surface area contributed by atoms with E-state index in [1.807, 2.05) is 0 Å². The van der Waals surface area contributed by atoms with Gasteiger partial charge in [0.2, 0.25) is 0 Å². The maximum atomic E-state index is 13.4. The summed E-state index contributed by atoms with van der Waals surface area (Å²) in [5, 5.41) is 0. The van der Waals surface area contributed by atoms with Gasteiger partial charge in [-0.05, 0) is 36.8 Å². The number of carbonyl (C=O) groups is 1. The number of pyridine rings is 1. The highest BCUT2D eigenvalue weighted by molar-refractivity contribution is 5.93. The molecule has 0 aliphatic carbocycles. The fourth-order valence-corrected chi connectivity index (χ4v) is 2.54. The molecule has 0 saturated carbocycles. The van der Waals surface area contributed by atoms with Crippen LogP contribution < -0.4 is 5.56 Å². The standard InChI is InChI=1S/C18H15F2N3O2/c1-11(12-6-7-14(19)15(20)9-12)22(2)17(24)13-10-21-16-5-3-4-8-23(16)18(13)25/h3-11H,1-2H3. The molecule has 0 aliphatic rings. The van der Waals surface area contributed by atoms with Gasteiger partial charge in [0.05, 0.1) is 6.04 Å². The van der Waals surface area contributed by atoms with Crippen molar-refractivity contribution in [2.75, 3.05) is 7.05 Å². The Labute approximate surface area is 142 Å². The molecule has 2 heterocycles. The third-order valence-electron chi connectivity index (χ3n) is 4.17. The first-order valence-electron chi connectivity index (χ1n) is 7.58. The van der Waals surface area contributed by atoms with E-state index in [1.165, 1.54) is 34.8 Å². The van der Waals surface area contributed by atoms with Gasteiger partial charge in [-0.1, -0.05) is 12.1 Å². The van der Waals surface area contributed by atoms with E-state index in [0.717, 1.165) is 12.1 Å². The molecule has 0 spiro atoms. The highest BCUT2D eigenvalue weighted by atomic mass is 19.2. The number of fused-ring (bicyclic) bond motifs is 1. The van der Waals surface area contributed by atoms with Crippen molar-refractivity contribution in [2.24, 2.45) is 0 Å². The van der Waals surface area contributed by atoms with Crippen molar-refractivity contribution in [1.82, 2.24) is 14.3 Å². The Morgan fingerprint density at radius 3 is 2.68 bits per heavy atom. The molecule has 2 aromatic heterocycles. The number of benzene rings is 1. The fourth-order valence-electron chi connectivity index (χ4n) is 2.54. The number of rotatable bonds is 3. The number of amides is 1. The molecule has 1 atom stereocenters. The molecule has 1 aromatic carbocycles. The normalized spacial score (nSPS) is 12.2. The van der Waals surface area contributed by atoms with Crippen molar-refractivity contribution in [2.45, 2.75) is 13.0 Å². The average Bonchev–Trinajstić information content (AvgIpc) is 2.63. The van der Waals surface area contributed by atoms with E-state index in [4.69, 9.17) is 0 Å². The van der Waals surface area contributed by atoms with E-state index >= 15 is 0 Å². The second-order valence-electron chi connectivity index (χ2n) is 5.67. The predicted octanol–water partition coefficient (Wildman–Crippen LogP) is 2.81. The first-order chi connectivity index (χ1) is 11.9. The van der Waals surface area contributed by atoms with Crippen LogP contribution in [-0.4, -0.2) is 27.2 Å². The third-order valence-corrected chi connectivity index (χ3v) is 4.17. The Bertz CT molecular complexity index is 1020. The lowest BCUT2D eigenvalue weighted by atomic mass is 10.1. The molecule has 0 radical (unpaired) electrons. The Hall–Kier alpha value is -3.09. The summed E-state index contributed by atoms with van der Waals surface area (Å²) in [7, 11) is 1.49. The minimum absolute atomic E-state index is 0.0966. The third kappa shape index (κ3) is 3.00. The second-order valence-corrected chi connectivity index (χ2v) is 5.67. The minimum atomic E-state index is -0.988. The van der Waals surface area contributed by atoms with Crippen LogP contribution in [0.5, 0.6) is 0 Å². The maximum Gasteiger partial charge on any atom is 0.270 e. The lowest BCUT2D eigenvalue weighted by Crippen LogP contribution is -2.35. The fraction of sp³-hybridized carbons (Fsp3) is 0.167. The zero-order valence-corrected chi connectivity index (χ0v) is 13.6. The summed E-state index contributed by atoms with van der Waals surface area (Å²) in [6.45, 7) is 1.66. The van der Waals surface area contributed by atoms with Crippen LogP contribution in [0.15, 0.2) is 53.6 Å². The topological polar surface area (TPSA) is 54.7 Å². The van der Waals surface area contributed by atoms with Crippen molar-refractivity contribution >= 4 is 11.6 Å². The summed E-state index contributed by atoms with van der Waals surface area (Å²) in [5.74, 6) is -2.49. The number of nitrogens with zero attached hydrogens (tertiary/aromatic N) is 3. The summed E-state index contributed by atoms with van der Waals surface area (Å²) in [6.07, 6.45) is 2.76. The maximum absolute atomic E-state index is 13.4. The molecule has 1 unspecified atom stereocenters. The first-order valence-corrected chi connectivity index (χ1v) is 7.58. The summed E-state index contributed by atoms with van der Waals surface area (Å²) in [4.78, 5) is 30.6. The highest BCUT2D eigenvalue weighted by Gasteiger charge is 2.23. The molecule has 25 heavy (non-hydrogen) atoms. The van der Waals surface area contributed by atoms with Gasteiger partial charge in [-0.15, -0.1) is 0 Å². The van der Waals surface area contributed by atoms with Crippen LogP contribution in [0.1, 0.15) is 28.9 Å². The van der Waals surface area contributed by atoms with Gasteiger partial charge in [-0.25, -0.2) is 13.8 Å². The number of halogens is 2. The van der Waals surface area contributed by atoms with Gasteiger partial charge in [0.15, 0.2) is 11.6 Å². The molecule has 3 aromatic rings. The Balaban J connectivity index is 1.95. The predicted molar refractivity (Wildman–Crippen MR) is 88.3 cm³/mol. The molecular weight excluding hydrogens is 328 g/mol. The zero-order valence-electron chi connectivity index (χ0n) is 13.6. The van der Waals surface area contributed by atoms with Gasteiger partial charge in [0, 0.05) is 19.4 Å². The van der Waals surface area contributed by atoms with Crippen LogP contribution in [0.25, 0.3) is 5.65 Å². The zero-order chi connectivity index (χ0) is 18.1. The lowest BCUT2D eigenvalue weighted by molar-refractivity contribution is 0.0740. The quantitative estimate of drug-likeness (QED) is 0.735. The van der Waals surface area contributed by atoms with E-state index in [1.54, 1.807) is 25.1 Å². The van der Waals surface area contributed by atoms with Crippen LogP contribution in [-0.2, 0) is 0 Å². The molecular formula is C18H15F2N3O2. The van der Waals surface area contributed by atoms with Gasteiger partial charge in [-0.3, -0.25) is 14.0 Å². The molecule has 0 aliphatic heterocycles. The summed E-state index contributed by atoms with van der Waals surface area (Å²) in [5.41, 5.74) is 0.268. The smallest absolute Gasteiger partial charge is 0.270 e. The van der Waals surface area contributed by atoms with Crippen molar-refractivity contribution in [1.29, 1.82) is 0 Å². The highest BCUT2D eigenvalue weighted by Crippen LogP contribution is 2.22. The van der Waals surface area contributed by atoms with Gasteiger partial charge < -0.3 is 4.90 Å². The Morgan fingerprint density at radius 2 is 1.96 bits per heavy atom.